The molecule has 9 N–H and O–H groups in total. The van der Waals surface area contributed by atoms with Gasteiger partial charge in [-0.15, -0.1) is 0 Å². The van der Waals surface area contributed by atoms with E-state index in [2.05, 4.69) is 5.32 Å². The molecule has 1 unspecified atom stereocenters. The van der Waals surface area contributed by atoms with Gasteiger partial charge in [-0.05, 0) is 30.9 Å². The molecule has 1 saturated carbocycles. The Kier molecular flexibility index (Phi) is 6.77. The van der Waals surface area contributed by atoms with Crippen LogP contribution in [0.15, 0.2) is 12.1 Å². The molecule has 1 aliphatic heterocycles. The molecule has 1 aromatic carbocycles. The average molecular weight is 436 g/mol. The van der Waals surface area contributed by atoms with Gasteiger partial charge in [-0.25, -0.2) is 4.79 Å². The molecule has 1 heterocycles. The number of carbonyl (C=O) groups is 2. The second-order valence-electron chi connectivity index (χ2n) is 8.50. The summed E-state index contributed by atoms with van der Waals surface area (Å²) in [5.41, 5.74) is 10.4. The van der Waals surface area contributed by atoms with Crippen molar-refractivity contribution in [2.24, 2.45) is 11.5 Å². The molecule has 3 rings (SSSR count). The van der Waals surface area contributed by atoms with Crippen LogP contribution in [-0.2, 0) is 4.79 Å². The van der Waals surface area contributed by atoms with Crippen molar-refractivity contribution in [3.8, 4) is 11.5 Å². The number of nitrogens with zero attached hydrogens (tertiary/aromatic N) is 1. The quantitative estimate of drug-likeness (QED) is 0.208. The van der Waals surface area contributed by atoms with E-state index in [4.69, 9.17) is 16.2 Å². The van der Waals surface area contributed by atoms with Crippen LogP contribution in [-0.4, -0.2) is 88.5 Å². The van der Waals surface area contributed by atoms with E-state index >= 15 is 0 Å². The maximum Gasteiger partial charge on any atom is 0.455 e. The Morgan fingerprint density at radius 1 is 1.35 bits per heavy atom. The van der Waals surface area contributed by atoms with Crippen LogP contribution in [0.5, 0.6) is 11.5 Å². The molecule has 2 aliphatic rings. The van der Waals surface area contributed by atoms with Crippen molar-refractivity contribution < 1.29 is 34.6 Å². The average Bonchev–Trinajstić information content (AvgIpc) is 3.44. The van der Waals surface area contributed by atoms with Crippen LogP contribution in [0.2, 0.25) is 5.82 Å². The lowest BCUT2D eigenvalue weighted by molar-refractivity contribution is -0.127. The summed E-state index contributed by atoms with van der Waals surface area (Å²) < 4.78 is 5.78. The Balaban J connectivity index is 1.61. The normalized spacial score (nSPS) is 22.9. The number of carbonyl (C=O) groups excluding carboxylic acids is 1. The third-order valence-electron chi connectivity index (χ3n) is 5.72. The monoisotopic (exact) mass is 436 g/mol. The first-order valence-electron chi connectivity index (χ1n) is 10.2. The van der Waals surface area contributed by atoms with E-state index in [1.165, 1.54) is 6.07 Å². The maximum atomic E-state index is 12.1. The molecule has 1 saturated heterocycles. The second-order valence-corrected chi connectivity index (χ2v) is 8.50. The van der Waals surface area contributed by atoms with E-state index in [9.17, 15) is 29.9 Å². The fraction of sp³-hybridized carbons (Fsp3) is 0.579. The largest absolute Gasteiger partial charge is 0.507 e. The smallest absolute Gasteiger partial charge is 0.455 e. The maximum absolute atomic E-state index is 12.1. The van der Waals surface area contributed by atoms with Gasteiger partial charge < -0.3 is 41.8 Å². The highest BCUT2D eigenvalue weighted by Gasteiger charge is 2.48. The molecule has 11 nitrogen and oxygen atoms in total. The van der Waals surface area contributed by atoms with Gasteiger partial charge in [0.25, 0.3) is 0 Å². The van der Waals surface area contributed by atoms with Crippen molar-refractivity contribution in [2.45, 2.75) is 36.7 Å². The first-order valence-corrected chi connectivity index (χ1v) is 10.2. The van der Waals surface area contributed by atoms with Crippen LogP contribution < -0.4 is 21.5 Å². The summed E-state index contributed by atoms with van der Waals surface area (Å²) >= 11 is 0. The molecule has 12 heteroatoms. The van der Waals surface area contributed by atoms with E-state index in [1.807, 2.05) is 4.90 Å². The van der Waals surface area contributed by atoms with E-state index < -0.39 is 30.2 Å². The molecule has 0 aromatic heterocycles. The summed E-state index contributed by atoms with van der Waals surface area (Å²) in [6, 6.07) is 3.03. The van der Waals surface area contributed by atoms with E-state index in [1.54, 1.807) is 13.0 Å². The van der Waals surface area contributed by atoms with Gasteiger partial charge >= 0.3 is 13.1 Å². The predicted molar refractivity (Wildman–Crippen MR) is 112 cm³/mol. The number of carboxylic acid groups (broad SMARTS) is 1. The Bertz CT molecular complexity index is 845. The SMILES string of the molecule is CC(N)(CN1CC(Oc2ccc([C@H]3C[C@H]3B(O)O)c(O)c2C(=O)O)C1)C(=O)NCCN. The molecule has 0 bridgehead atoms. The van der Waals surface area contributed by atoms with Crippen molar-refractivity contribution in [1.82, 2.24) is 10.2 Å². The number of aromatic carboxylic acids is 1. The Morgan fingerprint density at radius 3 is 2.58 bits per heavy atom. The fourth-order valence-electron chi connectivity index (χ4n) is 3.92. The van der Waals surface area contributed by atoms with Gasteiger partial charge in [0.15, 0.2) is 0 Å². The number of hydrogen-bond donors (Lipinski definition) is 7. The molecular formula is C19H29BN4O7. The van der Waals surface area contributed by atoms with Gasteiger partial charge in [-0.3, -0.25) is 9.69 Å². The van der Waals surface area contributed by atoms with E-state index in [0.29, 0.717) is 44.7 Å². The van der Waals surface area contributed by atoms with Crippen molar-refractivity contribution in [1.29, 1.82) is 0 Å². The molecule has 170 valence electrons. The number of aromatic hydroxyl groups is 1. The molecule has 1 aromatic rings. The fourth-order valence-corrected chi connectivity index (χ4v) is 3.92. The highest BCUT2D eigenvalue weighted by Crippen LogP contribution is 2.56. The molecule has 31 heavy (non-hydrogen) atoms. The van der Waals surface area contributed by atoms with Crippen molar-refractivity contribution in [3.05, 3.63) is 23.3 Å². The first kappa shape index (κ1) is 23.3. The van der Waals surface area contributed by atoms with Gasteiger partial charge in [0.2, 0.25) is 5.91 Å². The molecule has 0 spiro atoms. The molecule has 3 atom stereocenters. The number of ether oxygens (including phenoxy) is 1. The standard InChI is InChI=1S/C19H29BN4O7/c1-19(22,18(28)23-5-4-21)9-24-7-10(8-24)31-14-3-2-11(12-6-13(12)20(29)30)16(25)15(14)17(26)27/h2-3,10,12-13,25,29-30H,4-9,21-22H2,1H3,(H,23,28)(H,26,27)/t12-,13-,19?/m1/s1. The third-order valence-corrected chi connectivity index (χ3v) is 5.72. The number of likely N-dealkylation sites (tertiary alicyclic amines) is 1. The zero-order valence-electron chi connectivity index (χ0n) is 17.3. The lowest BCUT2D eigenvalue weighted by Crippen LogP contribution is -2.64. The summed E-state index contributed by atoms with van der Waals surface area (Å²) in [7, 11) is -1.51. The first-order chi connectivity index (χ1) is 14.5. The van der Waals surface area contributed by atoms with Crippen LogP contribution in [0, 0.1) is 0 Å². The van der Waals surface area contributed by atoms with Gasteiger partial charge in [-0.2, -0.15) is 0 Å². The van der Waals surface area contributed by atoms with Crippen molar-refractivity contribution in [2.75, 3.05) is 32.7 Å². The number of hydrogen-bond acceptors (Lipinski definition) is 9. The minimum Gasteiger partial charge on any atom is -0.507 e. The van der Waals surface area contributed by atoms with Gasteiger partial charge in [0.1, 0.15) is 28.7 Å². The number of rotatable bonds is 10. The Morgan fingerprint density at radius 2 is 2.03 bits per heavy atom. The lowest BCUT2D eigenvalue weighted by atomic mass is 9.81. The summed E-state index contributed by atoms with van der Waals surface area (Å²) in [4.78, 5) is 25.8. The number of carboxylic acids is 1. The minimum absolute atomic E-state index is 0.0383. The van der Waals surface area contributed by atoms with Crippen molar-refractivity contribution in [3.63, 3.8) is 0 Å². The number of benzene rings is 1. The van der Waals surface area contributed by atoms with Gasteiger partial charge in [-0.1, -0.05) is 6.07 Å². The topological polar surface area (TPSA) is 192 Å². The van der Waals surface area contributed by atoms with E-state index in [-0.39, 0.29) is 29.2 Å². The second kappa shape index (κ2) is 9.01. The van der Waals surface area contributed by atoms with Crippen LogP contribution in [0.1, 0.15) is 35.2 Å². The van der Waals surface area contributed by atoms with Crippen molar-refractivity contribution >= 4 is 19.0 Å². The highest BCUT2D eigenvalue weighted by molar-refractivity contribution is 6.44. The summed E-state index contributed by atoms with van der Waals surface area (Å²) in [5, 5.41) is 41.3. The predicted octanol–water partition coefficient (Wildman–Crippen LogP) is -1.72. The third kappa shape index (κ3) is 5.10. The lowest BCUT2D eigenvalue weighted by Gasteiger charge is -2.42. The molecule has 1 amide bonds. The van der Waals surface area contributed by atoms with Crippen LogP contribution in [0.4, 0.5) is 0 Å². The molecular weight excluding hydrogens is 407 g/mol. The number of nitrogens with one attached hydrogen (secondary N) is 1. The Hall–Kier alpha value is -2.38. The van der Waals surface area contributed by atoms with Gasteiger partial charge in [0.05, 0.1) is 0 Å². The van der Waals surface area contributed by atoms with Gasteiger partial charge in [0, 0.05) is 38.5 Å². The Labute approximate surface area is 180 Å². The zero-order chi connectivity index (χ0) is 22.9. The molecule has 2 fully saturated rings. The highest BCUT2D eigenvalue weighted by atomic mass is 16.5. The van der Waals surface area contributed by atoms with Crippen LogP contribution in [0.25, 0.3) is 0 Å². The molecule has 0 radical (unpaired) electrons. The number of phenols is 1. The summed E-state index contributed by atoms with van der Waals surface area (Å²) in [5.74, 6) is -2.75. The number of nitrogens with two attached hydrogens (primary N) is 2. The zero-order valence-corrected chi connectivity index (χ0v) is 17.3. The minimum atomic E-state index is -1.51. The number of amides is 1. The van der Waals surface area contributed by atoms with Crippen LogP contribution in [0.3, 0.4) is 0 Å². The molecule has 1 aliphatic carbocycles. The van der Waals surface area contributed by atoms with Crippen LogP contribution >= 0.6 is 0 Å². The summed E-state index contributed by atoms with van der Waals surface area (Å²) in [6.07, 6.45) is 0.137. The summed E-state index contributed by atoms with van der Waals surface area (Å²) in [6.45, 7) is 3.47. The van der Waals surface area contributed by atoms with E-state index in [0.717, 1.165) is 0 Å².